The van der Waals surface area contributed by atoms with Crippen LogP contribution >= 0.6 is 0 Å². The number of fused-ring (bicyclic) bond motifs is 1. The van der Waals surface area contributed by atoms with E-state index in [1.165, 1.54) is 4.90 Å². The van der Waals surface area contributed by atoms with E-state index >= 15 is 0 Å². The van der Waals surface area contributed by atoms with E-state index in [0.717, 1.165) is 37.4 Å². The molecule has 0 saturated heterocycles. The molecule has 2 aromatic rings. The van der Waals surface area contributed by atoms with Crippen LogP contribution in [0.4, 0.5) is 0 Å². The summed E-state index contributed by atoms with van der Waals surface area (Å²) >= 11 is 0. The van der Waals surface area contributed by atoms with Crippen LogP contribution in [0, 0.1) is 0 Å². The first-order chi connectivity index (χ1) is 10.5. The number of hydrogen-bond acceptors (Lipinski definition) is 2. The minimum absolute atomic E-state index is 0.0842. The van der Waals surface area contributed by atoms with Crippen LogP contribution in [0.1, 0.15) is 32.1 Å². The van der Waals surface area contributed by atoms with Crippen LogP contribution in [-0.2, 0) is 6.54 Å². The normalized spacial score (nSPS) is 13.0. The molecule has 0 radical (unpaired) electrons. The molecule has 0 fully saturated rings. The van der Waals surface area contributed by atoms with Gasteiger partial charge in [0.15, 0.2) is 5.82 Å². The lowest BCUT2D eigenvalue weighted by molar-refractivity contribution is -0.877. The molecule has 5 nitrogen and oxygen atoms in total. The summed E-state index contributed by atoms with van der Waals surface area (Å²) in [6.45, 7) is 7.07. The van der Waals surface area contributed by atoms with Gasteiger partial charge in [0.2, 0.25) is 0 Å². The Morgan fingerprint density at radius 1 is 1.32 bits per heavy atom. The van der Waals surface area contributed by atoms with Gasteiger partial charge >= 0.3 is 0 Å². The third-order valence-corrected chi connectivity index (χ3v) is 3.91. The minimum Gasteiger partial charge on any atom is -0.335 e. The lowest BCUT2D eigenvalue weighted by Crippen LogP contribution is -3.09. The molecule has 0 spiro atoms. The average molecular weight is 304 g/mol. The van der Waals surface area contributed by atoms with Crippen molar-refractivity contribution in [2.75, 3.05) is 27.2 Å². The average Bonchev–Trinajstić information content (AvgIpc) is 2.49. The molecule has 1 atom stereocenters. The van der Waals surface area contributed by atoms with Gasteiger partial charge in [-0.05, 0) is 25.5 Å². The van der Waals surface area contributed by atoms with E-state index in [0.29, 0.717) is 5.39 Å². The molecule has 1 heterocycles. The van der Waals surface area contributed by atoms with Gasteiger partial charge in [-0.1, -0.05) is 19.1 Å². The number of nitrogens with two attached hydrogens (primary N) is 1. The highest BCUT2D eigenvalue weighted by Crippen LogP contribution is 2.11. The van der Waals surface area contributed by atoms with E-state index < -0.39 is 0 Å². The molecular weight excluding hydrogens is 276 g/mol. The fourth-order valence-electron chi connectivity index (χ4n) is 2.70. The molecule has 1 aromatic heterocycles. The predicted octanol–water partition coefficient (Wildman–Crippen LogP) is -0.425. The van der Waals surface area contributed by atoms with Gasteiger partial charge in [-0.2, -0.15) is 0 Å². The van der Waals surface area contributed by atoms with E-state index in [4.69, 9.17) is 4.98 Å². The van der Waals surface area contributed by atoms with Gasteiger partial charge in [0.05, 0.1) is 25.0 Å². The molecule has 5 heteroatoms. The van der Waals surface area contributed by atoms with Crippen molar-refractivity contribution in [1.82, 2.24) is 9.55 Å². The highest BCUT2D eigenvalue weighted by atomic mass is 16.1. The van der Waals surface area contributed by atoms with Crippen LogP contribution in [-0.4, -0.2) is 36.7 Å². The van der Waals surface area contributed by atoms with E-state index in [1.54, 1.807) is 0 Å². The lowest BCUT2D eigenvalue weighted by atomic mass is 10.2. The van der Waals surface area contributed by atoms with Gasteiger partial charge in [-0.3, -0.25) is 9.36 Å². The number of likely N-dealkylation sites (N-methyl/N-ethyl adjacent to an activating group) is 1. The molecule has 120 valence electrons. The standard InChI is InChI=1S/C17H26N4O/c1-5-11-21-16(13(2)18-10-12-20(3)4)19-15-9-7-6-8-14(15)17(21)22/h6-9,13,18H,5,10-12H2,1-4H3/p+2/t13-/m1/s1. The fourth-order valence-corrected chi connectivity index (χ4v) is 2.70. The largest absolute Gasteiger partial charge is 0.335 e. The quantitative estimate of drug-likeness (QED) is 0.730. The maximum absolute atomic E-state index is 12.7. The van der Waals surface area contributed by atoms with Crippen LogP contribution in [0.3, 0.4) is 0 Å². The van der Waals surface area contributed by atoms with Crippen LogP contribution in [0.5, 0.6) is 0 Å². The predicted molar refractivity (Wildman–Crippen MR) is 89.2 cm³/mol. The molecule has 0 amide bonds. The van der Waals surface area contributed by atoms with Gasteiger partial charge in [0, 0.05) is 6.54 Å². The summed E-state index contributed by atoms with van der Waals surface area (Å²) in [5, 5.41) is 2.99. The molecule has 0 saturated carbocycles. The van der Waals surface area contributed by atoms with Gasteiger partial charge in [-0.15, -0.1) is 0 Å². The Morgan fingerprint density at radius 2 is 2.05 bits per heavy atom. The molecule has 0 aliphatic carbocycles. The van der Waals surface area contributed by atoms with Crippen molar-refractivity contribution in [1.29, 1.82) is 0 Å². The SMILES string of the molecule is CCCn1c([C@@H](C)[NH2+]CC[NH+](C)C)nc2ccccc2c1=O. The second-order valence-corrected chi connectivity index (χ2v) is 6.21. The summed E-state index contributed by atoms with van der Waals surface area (Å²) < 4.78 is 1.85. The van der Waals surface area contributed by atoms with E-state index in [9.17, 15) is 4.79 Å². The zero-order valence-electron chi connectivity index (χ0n) is 14.1. The van der Waals surface area contributed by atoms with Crippen molar-refractivity contribution in [3.63, 3.8) is 0 Å². The van der Waals surface area contributed by atoms with Crippen LogP contribution in [0.15, 0.2) is 29.1 Å². The number of rotatable bonds is 7. The van der Waals surface area contributed by atoms with Crippen molar-refractivity contribution in [2.24, 2.45) is 0 Å². The van der Waals surface area contributed by atoms with E-state index in [-0.39, 0.29) is 11.6 Å². The second-order valence-electron chi connectivity index (χ2n) is 6.21. The van der Waals surface area contributed by atoms with Gasteiger partial charge in [0.25, 0.3) is 5.56 Å². The smallest absolute Gasteiger partial charge is 0.261 e. The molecule has 0 bridgehead atoms. The summed E-state index contributed by atoms with van der Waals surface area (Å²) in [5.74, 6) is 0.888. The van der Waals surface area contributed by atoms with Crippen molar-refractivity contribution in [3.05, 3.63) is 40.4 Å². The Hall–Kier alpha value is -1.72. The van der Waals surface area contributed by atoms with E-state index in [1.807, 2.05) is 28.8 Å². The number of nitrogens with zero attached hydrogens (tertiary/aromatic N) is 2. The maximum Gasteiger partial charge on any atom is 0.261 e. The van der Waals surface area contributed by atoms with Gasteiger partial charge in [0.1, 0.15) is 19.1 Å². The number of benzene rings is 1. The number of nitrogens with one attached hydrogen (secondary N) is 1. The van der Waals surface area contributed by atoms with Crippen molar-refractivity contribution in [3.8, 4) is 0 Å². The Labute approximate surface area is 132 Å². The molecule has 0 aliphatic rings. The monoisotopic (exact) mass is 304 g/mol. The Kier molecular flexibility index (Phi) is 5.69. The van der Waals surface area contributed by atoms with Crippen molar-refractivity contribution in [2.45, 2.75) is 32.9 Å². The molecule has 1 aromatic carbocycles. The third-order valence-electron chi connectivity index (χ3n) is 3.91. The van der Waals surface area contributed by atoms with Crippen LogP contribution in [0.25, 0.3) is 10.9 Å². The number of quaternary nitrogens is 2. The number of aromatic nitrogens is 2. The highest BCUT2D eigenvalue weighted by molar-refractivity contribution is 5.77. The zero-order chi connectivity index (χ0) is 16.1. The molecule has 22 heavy (non-hydrogen) atoms. The summed E-state index contributed by atoms with van der Waals surface area (Å²) in [7, 11) is 4.31. The van der Waals surface area contributed by atoms with Crippen molar-refractivity contribution >= 4 is 10.9 Å². The van der Waals surface area contributed by atoms with Crippen LogP contribution in [0.2, 0.25) is 0 Å². The topological polar surface area (TPSA) is 55.9 Å². The first-order valence-electron chi connectivity index (χ1n) is 8.16. The molecular formula is C17H28N4O+2. The Balaban J connectivity index is 2.38. The van der Waals surface area contributed by atoms with Gasteiger partial charge in [-0.25, -0.2) is 4.98 Å². The molecule has 0 unspecified atom stereocenters. The van der Waals surface area contributed by atoms with E-state index in [2.05, 4.69) is 33.3 Å². The summed E-state index contributed by atoms with van der Waals surface area (Å²) in [6, 6.07) is 7.81. The summed E-state index contributed by atoms with van der Waals surface area (Å²) in [5.41, 5.74) is 0.884. The minimum atomic E-state index is 0.0842. The number of hydrogen-bond donors (Lipinski definition) is 2. The summed E-state index contributed by atoms with van der Waals surface area (Å²) in [6.07, 6.45) is 0.932. The first kappa shape index (κ1) is 16.6. The lowest BCUT2D eigenvalue weighted by Gasteiger charge is -2.17. The fraction of sp³-hybridized carbons (Fsp3) is 0.529. The third kappa shape index (κ3) is 3.72. The molecule has 0 aliphatic heterocycles. The number of para-hydroxylation sites is 1. The highest BCUT2D eigenvalue weighted by Gasteiger charge is 2.18. The van der Waals surface area contributed by atoms with Crippen molar-refractivity contribution < 1.29 is 10.2 Å². The maximum atomic E-state index is 12.7. The Morgan fingerprint density at radius 3 is 2.73 bits per heavy atom. The molecule has 3 N–H and O–H groups in total. The summed E-state index contributed by atoms with van der Waals surface area (Å²) in [4.78, 5) is 18.9. The second kappa shape index (κ2) is 7.51. The van der Waals surface area contributed by atoms with Crippen LogP contribution < -0.4 is 15.8 Å². The Bertz CT molecular complexity index is 678. The zero-order valence-corrected chi connectivity index (χ0v) is 14.1. The molecule has 2 rings (SSSR count). The first-order valence-corrected chi connectivity index (χ1v) is 8.16. The van der Waals surface area contributed by atoms with Gasteiger partial charge < -0.3 is 10.2 Å².